The second-order valence-corrected chi connectivity index (χ2v) is 3.90. The SMILES string of the molecule is CCOC(=O)C(C)NC(=O)CCNC(C)C. The molecular formula is C11H22N2O3. The normalized spacial score (nSPS) is 12.3. The molecule has 1 amide bonds. The number of hydrogen-bond acceptors (Lipinski definition) is 4. The average Bonchev–Trinajstić information content (AvgIpc) is 2.17. The van der Waals surface area contributed by atoms with Crippen molar-refractivity contribution in [3.8, 4) is 0 Å². The van der Waals surface area contributed by atoms with Crippen molar-refractivity contribution in [1.29, 1.82) is 0 Å². The summed E-state index contributed by atoms with van der Waals surface area (Å²) in [5.41, 5.74) is 0. The zero-order chi connectivity index (χ0) is 12.6. The average molecular weight is 230 g/mol. The molecule has 0 aliphatic heterocycles. The summed E-state index contributed by atoms with van der Waals surface area (Å²) in [5.74, 6) is -0.540. The van der Waals surface area contributed by atoms with Crippen molar-refractivity contribution in [3.63, 3.8) is 0 Å². The molecule has 0 aliphatic carbocycles. The van der Waals surface area contributed by atoms with Gasteiger partial charge in [-0.3, -0.25) is 4.79 Å². The van der Waals surface area contributed by atoms with Crippen molar-refractivity contribution in [2.24, 2.45) is 0 Å². The van der Waals surface area contributed by atoms with Gasteiger partial charge < -0.3 is 15.4 Å². The van der Waals surface area contributed by atoms with Crippen LogP contribution in [0.15, 0.2) is 0 Å². The molecule has 0 radical (unpaired) electrons. The lowest BCUT2D eigenvalue weighted by molar-refractivity contribution is -0.146. The summed E-state index contributed by atoms with van der Waals surface area (Å²) in [6.45, 7) is 8.32. The van der Waals surface area contributed by atoms with Crippen molar-refractivity contribution in [2.45, 2.75) is 46.2 Å². The predicted octanol–water partition coefficient (Wildman–Crippen LogP) is 0.442. The molecule has 0 saturated heterocycles. The Balaban J connectivity index is 3.74. The molecule has 0 aliphatic rings. The van der Waals surface area contributed by atoms with Crippen LogP contribution in [0.3, 0.4) is 0 Å². The minimum Gasteiger partial charge on any atom is -0.464 e. The second-order valence-electron chi connectivity index (χ2n) is 3.90. The molecule has 0 saturated carbocycles. The Kier molecular flexibility index (Phi) is 7.54. The van der Waals surface area contributed by atoms with Gasteiger partial charge >= 0.3 is 5.97 Å². The fraction of sp³-hybridized carbons (Fsp3) is 0.818. The summed E-state index contributed by atoms with van der Waals surface area (Å²) in [4.78, 5) is 22.6. The molecular weight excluding hydrogens is 208 g/mol. The zero-order valence-corrected chi connectivity index (χ0v) is 10.5. The molecule has 0 aromatic rings. The van der Waals surface area contributed by atoms with Crippen LogP contribution in [0.25, 0.3) is 0 Å². The van der Waals surface area contributed by atoms with E-state index >= 15 is 0 Å². The number of nitrogens with one attached hydrogen (secondary N) is 2. The summed E-state index contributed by atoms with van der Waals surface area (Å²) in [6.07, 6.45) is 0.363. The van der Waals surface area contributed by atoms with E-state index in [-0.39, 0.29) is 5.91 Å². The minimum absolute atomic E-state index is 0.145. The molecule has 0 bridgehead atoms. The lowest BCUT2D eigenvalue weighted by Crippen LogP contribution is -2.40. The third-order valence-corrected chi connectivity index (χ3v) is 1.92. The van der Waals surface area contributed by atoms with Crippen LogP contribution >= 0.6 is 0 Å². The molecule has 1 atom stereocenters. The number of carbonyl (C=O) groups is 2. The first-order chi connectivity index (χ1) is 7.47. The highest BCUT2D eigenvalue weighted by Crippen LogP contribution is 1.90. The fourth-order valence-corrected chi connectivity index (χ4v) is 1.11. The quantitative estimate of drug-likeness (QED) is 0.623. The van der Waals surface area contributed by atoms with Crippen molar-refractivity contribution >= 4 is 11.9 Å². The molecule has 5 heteroatoms. The van der Waals surface area contributed by atoms with Crippen molar-refractivity contribution < 1.29 is 14.3 Å². The maximum absolute atomic E-state index is 11.4. The summed E-state index contributed by atoms with van der Waals surface area (Å²) in [7, 11) is 0. The van der Waals surface area contributed by atoms with Crippen LogP contribution < -0.4 is 10.6 Å². The highest BCUT2D eigenvalue weighted by atomic mass is 16.5. The van der Waals surface area contributed by atoms with Gasteiger partial charge in [-0.1, -0.05) is 13.8 Å². The Morgan fingerprint density at radius 2 is 1.88 bits per heavy atom. The van der Waals surface area contributed by atoms with Gasteiger partial charge in [0.1, 0.15) is 6.04 Å². The molecule has 5 nitrogen and oxygen atoms in total. The van der Waals surface area contributed by atoms with E-state index < -0.39 is 12.0 Å². The summed E-state index contributed by atoms with van der Waals surface area (Å²) in [5, 5.41) is 5.71. The fourth-order valence-electron chi connectivity index (χ4n) is 1.11. The minimum atomic E-state index is -0.577. The van der Waals surface area contributed by atoms with Gasteiger partial charge in [0.15, 0.2) is 0 Å². The zero-order valence-electron chi connectivity index (χ0n) is 10.5. The van der Waals surface area contributed by atoms with Crippen LogP contribution in [0.5, 0.6) is 0 Å². The van der Waals surface area contributed by atoms with Gasteiger partial charge in [0, 0.05) is 19.0 Å². The number of hydrogen-bond donors (Lipinski definition) is 2. The van der Waals surface area contributed by atoms with Gasteiger partial charge in [-0.2, -0.15) is 0 Å². The Morgan fingerprint density at radius 3 is 2.38 bits per heavy atom. The molecule has 0 rings (SSSR count). The van der Waals surface area contributed by atoms with E-state index in [4.69, 9.17) is 4.74 Å². The van der Waals surface area contributed by atoms with E-state index in [0.717, 1.165) is 0 Å². The predicted molar refractivity (Wildman–Crippen MR) is 62.0 cm³/mol. The van der Waals surface area contributed by atoms with E-state index in [1.807, 2.05) is 13.8 Å². The lowest BCUT2D eigenvalue weighted by Gasteiger charge is -2.13. The highest BCUT2D eigenvalue weighted by Gasteiger charge is 2.15. The standard InChI is InChI=1S/C11H22N2O3/c1-5-16-11(15)9(4)13-10(14)6-7-12-8(2)3/h8-9,12H,5-7H2,1-4H3,(H,13,14). The first-order valence-electron chi connectivity index (χ1n) is 5.66. The van der Waals surface area contributed by atoms with Crippen LogP contribution in [0.4, 0.5) is 0 Å². The first kappa shape index (κ1) is 14.9. The maximum Gasteiger partial charge on any atom is 0.328 e. The number of carbonyl (C=O) groups excluding carboxylic acids is 2. The summed E-state index contributed by atoms with van der Waals surface area (Å²) in [6, 6.07) is -0.221. The number of esters is 1. The lowest BCUT2D eigenvalue weighted by atomic mass is 10.3. The number of amides is 1. The number of rotatable bonds is 7. The van der Waals surface area contributed by atoms with E-state index in [1.54, 1.807) is 13.8 Å². The number of ether oxygens (including phenoxy) is 1. The van der Waals surface area contributed by atoms with E-state index in [9.17, 15) is 9.59 Å². The smallest absolute Gasteiger partial charge is 0.328 e. The Labute approximate surface area is 96.9 Å². The molecule has 1 unspecified atom stereocenters. The van der Waals surface area contributed by atoms with Gasteiger partial charge in [-0.15, -0.1) is 0 Å². The molecule has 0 heterocycles. The topological polar surface area (TPSA) is 67.4 Å². The van der Waals surface area contributed by atoms with Crippen LogP contribution in [0, 0.1) is 0 Å². The van der Waals surface area contributed by atoms with Crippen LogP contribution in [0.2, 0.25) is 0 Å². The Hall–Kier alpha value is -1.10. The highest BCUT2D eigenvalue weighted by molar-refractivity contribution is 5.84. The largest absolute Gasteiger partial charge is 0.464 e. The molecule has 0 spiro atoms. The van der Waals surface area contributed by atoms with Crippen molar-refractivity contribution in [3.05, 3.63) is 0 Å². The third-order valence-electron chi connectivity index (χ3n) is 1.92. The van der Waals surface area contributed by atoms with Gasteiger partial charge in [-0.25, -0.2) is 4.79 Å². The van der Waals surface area contributed by atoms with Crippen molar-refractivity contribution in [2.75, 3.05) is 13.2 Å². The van der Waals surface area contributed by atoms with Crippen molar-refractivity contribution in [1.82, 2.24) is 10.6 Å². The van der Waals surface area contributed by atoms with E-state index in [0.29, 0.717) is 25.6 Å². The van der Waals surface area contributed by atoms with Gasteiger partial charge in [0.2, 0.25) is 5.91 Å². The molecule has 0 fully saturated rings. The Bertz CT molecular complexity index is 229. The Morgan fingerprint density at radius 1 is 1.25 bits per heavy atom. The molecule has 0 aromatic carbocycles. The van der Waals surface area contributed by atoms with Crippen LogP contribution in [0.1, 0.15) is 34.1 Å². The first-order valence-corrected chi connectivity index (χ1v) is 5.66. The molecule has 0 aromatic heterocycles. The maximum atomic E-state index is 11.4. The van der Waals surface area contributed by atoms with Gasteiger partial charge in [0.25, 0.3) is 0 Å². The van der Waals surface area contributed by atoms with Gasteiger partial charge in [0.05, 0.1) is 6.61 Å². The summed E-state index contributed by atoms with van der Waals surface area (Å²) < 4.78 is 4.78. The van der Waals surface area contributed by atoms with Gasteiger partial charge in [-0.05, 0) is 13.8 Å². The molecule has 16 heavy (non-hydrogen) atoms. The van der Waals surface area contributed by atoms with Crippen LogP contribution in [-0.4, -0.2) is 37.1 Å². The summed E-state index contributed by atoms with van der Waals surface area (Å²) >= 11 is 0. The monoisotopic (exact) mass is 230 g/mol. The molecule has 94 valence electrons. The third kappa shape index (κ3) is 7.23. The second kappa shape index (κ2) is 8.10. The molecule has 2 N–H and O–H groups in total. The van der Waals surface area contributed by atoms with E-state index in [2.05, 4.69) is 10.6 Å². The van der Waals surface area contributed by atoms with Crippen LogP contribution in [-0.2, 0) is 14.3 Å². The van der Waals surface area contributed by atoms with E-state index in [1.165, 1.54) is 0 Å².